The number of amides is 1. The summed E-state index contributed by atoms with van der Waals surface area (Å²) in [4.78, 5) is 25.2. The summed E-state index contributed by atoms with van der Waals surface area (Å²) in [5.41, 5.74) is 2.07. The van der Waals surface area contributed by atoms with Crippen molar-refractivity contribution in [3.63, 3.8) is 0 Å². The Bertz CT molecular complexity index is 608. The zero-order chi connectivity index (χ0) is 17.9. The van der Waals surface area contributed by atoms with Crippen LogP contribution in [0.4, 0.5) is 0 Å². The van der Waals surface area contributed by atoms with Crippen molar-refractivity contribution in [2.24, 2.45) is 0 Å². The molecule has 6 nitrogen and oxygen atoms in total. The third kappa shape index (κ3) is 6.29. The maximum Gasteiger partial charge on any atom is 0.307 e. The van der Waals surface area contributed by atoms with Crippen LogP contribution in [0.3, 0.4) is 0 Å². The second-order valence-electron chi connectivity index (χ2n) is 5.33. The lowest BCUT2D eigenvalue weighted by molar-refractivity contribution is -0.144. The van der Waals surface area contributed by atoms with Crippen LogP contribution < -0.4 is 4.74 Å². The summed E-state index contributed by atoms with van der Waals surface area (Å²) in [6.45, 7) is 6.31. The van der Waals surface area contributed by atoms with Gasteiger partial charge in [-0.1, -0.05) is 12.1 Å². The lowest BCUT2D eigenvalue weighted by Crippen LogP contribution is -2.37. The summed E-state index contributed by atoms with van der Waals surface area (Å²) in [5, 5.41) is 8.72. The van der Waals surface area contributed by atoms with Gasteiger partial charge in [0.05, 0.1) is 25.5 Å². The van der Waals surface area contributed by atoms with E-state index in [1.54, 1.807) is 6.92 Å². The molecule has 24 heavy (non-hydrogen) atoms. The molecule has 0 aliphatic heterocycles. The number of nitriles is 1. The number of carbonyl (C=O) groups excluding carboxylic acids is 2. The Morgan fingerprint density at radius 2 is 2.00 bits per heavy atom. The number of hydrogen-bond acceptors (Lipinski definition) is 5. The molecule has 6 heteroatoms. The van der Waals surface area contributed by atoms with Crippen molar-refractivity contribution in [2.45, 2.75) is 33.6 Å². The van der Waals surface area contributed by atoms with Crippen LogP contribution in [0.1, 0.15) is 30.9 Å². The van der Waals surface area contributed by atoms with Crippen LogP contribution in [0.5, 0.6) is 5.75 Å². The molecule has 0 heterocycles. The van der Waals surface area contributed by atoms with Crippen molar-refractivity contribution in [3.8, 4) is 11.8 Å². The monoisotopic (exact) mass is 332 g/mol. The summed E-state index contributed by atoms with van der Waals surface area (Å²) in [6.07, 6.45) is 0.312. The summed E-state index contributed by atoms with van der Waals surface area (Å²) < 4.78 is 10.5. The van der Waals surface area contributed by atoms with Gasteiger partial charge in [0.1, 0.15) is 5.75 Å². The summed E-state index contributed by atoms with van der Waals surface area (Å²) in [5.74, 6) is 0.0483. The number of esters is 1. The molecule has 0 atom stereocenters. The molecule has 0 aliphatic rings. The third-order valence-corrected chi connectivity index (χ3v) is 3.64. The molecule has 0 spiro atoms. The van der Waals surface area contributed by atoms with Crippen molar-refractivity contribution in [2.75, 3.05) is 26.3 Å². The number of nitrogens with zero attached hydrogens (tertiary/aromatic N) is 2. The highest BCUT2D eigenvalue weighted by Crippen LogP contribution is 2.20. The highest BCUT2D eigenvalue weighted by atomic mass is 16.5. The molecule has 1 amide bonds. The van der Waals surface area contributed by atoms with Gasteiger partial charge in [0, 0.05) is 13.1 Å². The minimum atomic E-state index is -0.359. The van der Waals surface area contributed by atoms with E-state index in [-0.39, 0.29) is 44.4 Å². The minimum Gasteiger partial charge on any atom is -0.483 e. The zero-order valence-corrected chi connectivity index (χ0v) is 14.5. The number of benzene rings is 1. The maximum absolute atomic E-state index is 12.3. The Kier molecular flexibility index (Phi) is 8.34. The van der Waals surface area contributed by atoms with Gasteiger partial charge in [-0.05, 0) is 38.0 Å². The van der Waals surface area contributed by atoms with E-state index >= 15 is 0 Å². The average Bonchev–Trinajstić information content (AvgIpc) is 2.56. The fourth-order valence-corrected chi connectivity index (χ4v) is 2.12. The molecule has 0 unspecified atom stereocenters. The largest absolute Gasteiger partial charge is 0.483 e. The maximum atomic E-state index is 12.3. The van der Waals surface area contributed by atoms with E-state index in [1.165, 1.54) is 4.90 Å². The Morgan fingerprint density at radius 3 is 2.67 bits per heavy atom. The van der Waals surface area contributed by atoms with E-state index in [0.29, 0.717) is 12.4 Å². The number of rotatable bonds is 9. The second kappa shape index (κ2) is 10.3. The van der Waals surface area contributed by atoms with Crippen LogP contribution in [0.2, 0.25) is 0 Å². The predicted octanol–water partition coefficient (Wildman–Crippen LogP) is 2.38. The highest BCUT2D eigenvalue weighted by Gasteiger charge is 2.16. The minimum absolute atomic E-state index is 0.106. The molecule has 0 bridgehead atoms. The van der Waals surface area contributed by atoms with E-state index in [1.807, 2.05) is 38.1 Å². The van der Waals surface area contributed by atoms with E-state index in [2.05, 4.69) is 0 Å². The van der Waals surface area contributed by atoms with Crippen LogP contribution in [0.15, 0.2) is 18.2 Å². The summed E-state index contributed by atoms with van der Waals surface area (Å²) in [6, 6.07) is 7.66. The van der Waals surface area contributed by atoms with Gasteiger partial charge in [-0.2, -0.15) is 5.26 Å². The SMILES string of the molecule is CCOC(=O)CCN(CCC#N)C(=O)COc1cccc(C)c1C. The van der Waals surface area contributed by atoms with E-state index in [9.17, 15) is 9.59 Å². The Hall–Kier alpha value is -2.55. The standard InChI is InChI=1S/C18H24N2O4/c1-4-23-18(22)9-12-20(11-6-10-19)17(21)13-24-16-8-5-7-14(2)15(16)3/h5,7-8H,4,6,9,11-13H2,1-3H3. The van der Waals surface area contributed by atoms with Gasteiger partial charge in [0.2, 0.25) is 0 Å². The topological polar surface area (TPSA) is 79.6 Å². The second-order valence-corrected chi connectivity index (χ2v) is 5.33. The van der Waals surface area contributed by atoms with E-state index < -0.39 is 0 Å². The first-order chi connectivity index (χ1) is 11.5. The van der Waals surface area contributed by atoms with Crippen molar-refractivity contribution in [1.29, 1.82) is 5.26 Å². The zero-order valence-electron chi connectivity index (χ0n) is 14.5. The molecule has 0 fully saturated rings. The molecule has 0 aromatic heterocycles. The van der Waals surface area contributed by atoms with Gasteiger partial charge in [0.25, 0.3) is 5.91 Å². The summed E-state index contributed by atoms with van der Waals surface area (Å²) >= 11 is 0. The molecule has 0 N–H and O–H groups in total. The molecule has 0 aliphatic carbocycles. The van der Waals surface area contributed by atoms with Gasteiger partial charge in [-0.25, -0.2) is 0 Å². The van der Waals surface area contributed by atoms with Crippen LogP contribution in [0, 0.1) is 25.2 Å². The van der Waals surface area contributed by atoms with Crippen LogP contribution >= 0.6 is 0 Å². The molecular formula is C18H24N2O4. The Morgan fingerprint density at radius 1 is 1.25 bits per heavy atom. The average molecular weight is 332 g/mol. The molecule has 0 saturated heterocycles. The molecular weight excluding hydrogens is 308 g/mol. The number of carbonyl (C=O) groups is 2. The molecule has 0 saturated carbocycles. The predicted molar refractivity (Wildman–Crippen MR) is 89.5 cm³/mol. The fourth-order valence-electron chi connectivity index (χ4n) is 2.12. The smallest absolute Gasteiger partial charge is 0.307 e. The van der Waals surface area contributed by atoms with Crippen molar-refractivity contribution in [1.82, 2.24) is 4.90 Å². The normalized spacial score (nSPS) is 9.92. The van der Waals surface area contributed by atoms with E-state index in [4.69, 9.17) is 14.7 Å². The van der Waals surface area contributed by atoms with Gasteiger partial charge in [-0.15, -0.1) is 0 Å². The fraction of sp³-hybridized carbons (Fsp3) is 0.500. The first-order valence-electron chi connectivity index (χ1n) is 7.99. The number of ether oxygens (including phenoxy) is 2. The Labute approximate surface area is 143 Å². The van der Waals surface area contributed by atoms with Crippen molar-refractivity contribution >= 4 is 11.9 Å². The molecule has 0 radical (unpaired) electrons. The molecule has 1 aromatic rings. The van der Waals surface area contributed by atoms with Crippen LogP contribution in [0.25, 0.3) is 0 Å². The van der Waals surface area contributed by atoms with Crippen LogP contribution in [-0.4, -0.2) is 43.1 Å². The van der Waals surface area contributed by atoms with Gasteiger partial charge in [0.15, 0.2) is 6.61 Å². The molecule has 1 aromatic carbocycles. The quantitative estimate of drug-likeness (QED) is 0.649. The van der Waals surface area contributed by atoms with Crippen molar-refractivity contribution < 1.29 is 19.1 Å². The highest BCUT2D eigenvalue weighted by molar-refractivity contribution is 5.78. The molecule has 1 rings (SSSR count). The van der Waals surface area contributed by atoms with E-state index in [0.717, 1.165) is 11.1 Å². The first kappa shape index (κ1) is 19.5. The van der Waals surface area contributed by atoms with Gasteiger partial charge < -0.3 is 14.4 Å². The number of hydrogen-bond donors (Lipinski definition) is 0. The Balaban J connectivity index is 2.61. The number of aryl methyl sites for hydroxylation is 1. The van der Waals surface area contributed by atoms with Crippen LogP contribution in [-0.2, 0) is 14.3 Å². The summed E-state index contributed by atoms with van der Waals surface area (Å²) in [7, 11) is 0. The molecule has 130 valence electrons. The van der Waals surface area contributed by atoms with Crippen molar-refractivity contribution in [3.05, 3.63) is 29.3 Å². The first-order valence-corrected chi connectivity index (χ1v) is 7.99. The van der Waals surface area contributed by atoms with Gasteiger partial charge >= 0.3 is 5.97 Å². The third-order valence-electron chi connectivity index (χ3n) is 3.64. The lowest BCUT2D eigenvalue weighted by atomic mass is 10.1. The lowest BCUT2D eigenvalue weighted by Gasteiger charge is -2.21. The van der Waals surface area contributed by atoms with Gasteiger partial charge in [-0.3, -0.25) is 9.59 Å².